The molecule has 0 saturated heterocycles. The van der Waals surface area contributed by atoms with Crippen LogP contribution in [0.15, 0.2) is 29.4 Å². The number of nitrogens with one attached hydrogen (secondary N) is 1. The van der Waals surface area contributed by atoms with Crippen LogP contribution in [0.25, 0.3) is 0 Å². The summed E-state index contributed by atoms with van der Waals surface area (Å²) in [5.74, 6) is 0.150. The highest BCUT2D eigenvalue weighted by Crippen LogP contribution is 2.07. The van der Waals surface area contributed by atoms with Crippen LogP contribution >= 0.6 is 0 Å². The molecule has 0 heterocycles. The van der Waals surface area contributed by atoms with Crippen molar-refractivity contribution in [2.75, 3.05) is 0 Å². The minimum absolute atomic E-state index is 0.0450. The maximum atomic E-state index is 9.09. The van der Waals surface area contributed by atoms with Crippen LogP contribution in [-0.2, 0) is 0 Å². The number of phenols is 1. The van der Waals surface area contributed by atoms with Crippen molar-refractivity contribution in [2.45, 2.75) is 0 Å². The average molecular weight is 179 g/mol. The number of guanidine groups is 1. The van der Waals surface area contributed by atoms with Crippen LogP contribution in [0.4, 0.5) is 0 Å². The van der Waals surface area contributed by atoms with E-state index in [-0.39, 0.29) is 11.7 Å². The van der Waals surface area contributed by atoms with Gasteiger partial charge in [-0.05, 0) is 18.2 Å². The monoisotopic (exact) mass is 179 g/mol. The van der Waals surface area contributed by atoms with E-state index in [1.807, 2.05) is 0 Å². The minimum atomic E-state index is -0.0450. The van der Waals surface area contributed by atoms with Gasteiger partial charge < -0.3 is 16.6 Å². The number of hydrazone groups is 1. The second-order valence-electron chi connectivity index (χ2n) is 2.41. The van der Waals surface area contributed by atoms with Crippen LogP contribution in [0.1, 0.15) is 5.56 Å². The van der Waals surface area contributed by atoms with Crippen molar-refractivity contribution in [3.05, 3.63) is 29.8 Å². The number of benzene rings is 1. The standard InChI is InChI=1S/C8H10N4O/c9-8(10)12-11-5-6-2-1-3-7(13)4-6/h1-5,13H,(H4,9,10,12)/p+1. The van der Waals surface area contributed by atoms with Gasteiger partial charge in [0.05, 0.1) is 0 Å². The normalized spacial score (nSPS) is 10.2. The zero-order chi connectivity index (χ0) is 9.68. The van der Waals surface area contributed by atoms with E-state index in [1.165, 1.54) is 0 Å². The molecule has 0 amide bonds. The molecule has 0 bridgehead atoms. The fraction of sp³-hybridized carbons (Fsp3) is 0. The fourth-order valence-electron chi connectivity index (χ4n) is 0.796. The summed E-state index contributed by atoms with van der Waals surface area (Å²) in [5, 5.41) is 15.2. The maximum Gasteiger partial charge on any atom is 0.256 e. The van der Waals surface area contributed by atoms with E-state index >= 15 is 0 Å². The molecule has 0 aliphatic carbocycles. The van der Waals surface area contributed by atoms with Crippen LogP contribution in [0.3, 0.4) is 0 Å². The molecule has 0 radical (unpaired) electrons. The van der Waals surface area contributed by atoms with Crippen LogP contribution in [0.2, 0.25) is 0 Å². The molecule has 6 N–H and O–H groups in total. The smallest absolute Gasteiger partial charge is 0.256 e. The molecule has 1 aromatic carbocycles. The van der Waals surface area contributed by atoms with Gasteiger partial charge in [-0.1, -0.05) is 6.07 Å². The number of nitrogens with two attached hydrogens (primary N) is 2. The summed E-state index contributed by atoms with van der Waals surface area (Å²) in [6, 6.07) is 6.68. The molecule has 0 aliphatic rings. The molecule has 68 valence electrons. The van der Waals surface area contributed by atoms with E-state index in [9.17, 15) is 0 Å². The molecule has 1 aromatic rings. The zero-order valence-electron chi connectivity index (χ0n) is 6.94. The van der Waals surface area contributed by atoms with Crippen molar-refractivity contribution in [2.24, 2.45) is 16.6 Å². The first-order chi connectivity index (χ1) is 6.18. The van der Waals surface area contributed by atoms with Gasteiger partial charge in [0.1, 0.15) is 5.75 Å². The van der Waals surface area contributed by atoms with Gasteiger partial charge in [-0.2, -0.15) is 0 Å². The Bertz CT molecular complexity index is 342. The summed E-state index contributed by atoms with van der Waals surface area (Å²) in [4.78, 5) is 0. The highest BCUT2D eigenvalue weighted by Gasteiger charge is 1.92. The molecule has 0 saturated carbocycles. The Morgan fingerprint density at radius 2 is 2.23 bits per heavy atom. The third-order valence-electron chi connectivity index (χ3n) is 1.30. The lowest BCUT2D eigenvalue weighted by Gasteiger charge is -1.89. The number of hydrogen-bond donors (Lipinski definition) is 4. The Kier molecular flexibility index (Phi) is 2.86. The van der Waals surface area contributed by atoms with Crippen molar-refractivity contribution in [1.82, 2.24) is 0 Å². The predicted octanol–water partition coefficient (Wildman–Crippen LogP) is -1.92. The van der Waals surface area contributed by atoms with Gasteiger partial charge in [0.15, 0.2) is 0 Å². The van der Waals surface area contributed by atoms with E-state index in [0.29, 0.717) is 0 Å². The number of phenolic OH excluding ortho intramolecular Hbond substituents is 1. The summed E-state index contributed by atoms with van der Waals surface area (Å²) >= 11 is 0. The van der Waals surface area contributed by atoms with Crippen LogP contribution in [-0.4, -0.2) is 17.3 Å². The number of aromatic hydroxyl groups is 1. The molecule has 0 atom stereocenters. The molecule has 0 spiro atoms. The third-order valence-corrected chi connectivity index (χ3v) is 1.30. The molecular weight excluding hydrogens is 168 g/mol. The van der Waals surface area contributed by atoms with Gasteiger partial charge in [-0.3, -0.25) is 0 Å². The van der Waals surface area contributed by atoms with Crippen LogP contribution < -0.4 is 16.6 Å². The Morgan fingerprint density at radius 1 is 1.46 bits per heavy atom. The Morgan fingerprint density at radius 3 is 2.85 bits per heavy atom. The average Bonchev–Trinajstić information content (AvgIpc) is 2.03. The topological polar surface area (TPSA) is 98.6 Å². The summed E-state index contributed by atoms with van der Waals surface area (Å²) in [5.41, 5.74) is 10.9. The summed E-state index contributed by atoms with van der Waals surface area (Å²) in [6.07, 6.45) is 1.57. The fourth-order valence-corrected chi connectivity index (χ4v) is 0.796. The number of hydrogen-bond acceptors (Lipinski definition) is 2. The molecule has 0 unspecified atom stereocenters. The van der Waals surface area contributed by atoms with E-state index in [2.05, 4.69) is 10.2 Å². The quantitative estimate of drug-likeness (QED) is 0.242. The van der Waals surface area contributed by atoms with Crippen LogP contribution in [0.5, 0.6) is 5.75 Å². The summed E-state index contributed by atoms with van der Waals surface area (Å²) in [7, 11) is 0. The van der Waals surface area contributed by atoms with Gasteiger partial charge in [-0.15, -0.1) is 5.10 Å². The lowest BCUT2D eigenvalue weighted by molar-refractivity contribution is -0.456. The molecular formula is C8H11N4O+. The largest absolute Gasteiger partial charge is 0.508 e. The van der Waals surface area contributed by atoms with Crippen molar-refractivity contribution < 1.29 is 10.2 Å². The Balaban J connectivity index is 2.75. The molecule has 13 heavy (non-hydrogen) atoms. The highest BCUT2D eigenvalue weighted by molar-refractivity contribution is 5.77. The molecule has 0 aromatic heterocycles. The first-order valence-electron chi connectivity index (χ1n) is 3.65. The van der Waals surface area contributed by atoms with Gasteiger partial charge in [0, 0.05) is 10.7 Å². The number of nitrogens with zero attached hydrogens (tertiary/aromatic N) is 1. The van der Waals surface area contributed by atoms with E-state index in [0.717, 1.165) is 5.56 Å². The van der Waals surface area contributed by atoms with Crippen molar-refractivity contribution >= 4 is 12.2 Å². The molecule has 0 fully saturated rings. The van der Waals surface area contributed by atoms with E-state index < -0.39 is 0 Å². The van der Waals surface area contributed by atoms with Gasteiger partial charge >= 0.3 is 0 Å². The first kappa shape index (κ1) is 9.05. The second kappa shape index (κ2) is 4.10. The minimum Gasteiger partial charge on any atom is -0.508 e. The van der Waals surface area contributed by atoms with Gasteiger partial charge in [-0.25, -0.2) is 0 Å². The first-order valence-corrected chi connectivity index (χ1v) is 3.65. The maximum absolute atomic E-state index is 9.09. The van der Waals surface area contributed by atoms with Crippen LogP contribution in [0, 0.1) is 0 Å². The number of rotatable bonds is 2. The Labute approximate surface area is 75.4 Å². The third kappa shape index (κ3) is 3.24. The van der Waals surface area contributed by atoms with Gasteiger partial charge in [0.2, 0.25) is 6.21 Å². The predicted molar refractivity (Wildman–Crippen MR) is 50.0 cm³/mol. The van der Waals surface area contributed by atoms with Crippen molar-refractivity contribution in [3.8, 4) is 5.75 Å². The zero-order valence-corrected chi connectivity index (χ0v) is 6.94. The van der Waals surface area contributed by atoms with Crippen molar-refractivity contribution in [3.63, 3.8) is 0 Å². The van der Waals surface area contributed by atoms with E-state index in [4.69, 9.17) is 16.6 Å². The molecule has 5 heteroatoms. The van der Waals surface area contributed by atoms with Crippen molar-refractivity contribution in [1.29, 1.82) is 0 Å². The van der Waals surface area contributed by atoms with Gasteiger partial charge in [0.25, 0.3) is 5.96 Å². The molecule has 5 nitrogen and oxygen atoms in total. The second-order valence-corrected chi connectivity index (χ2v) is 2.41. The lowest BCUT2D eigenvalue weighted by Crippen LogP contribution is -2.63. The highest BCUT2D eigenvalue weighted by atomic mass is 16.3. The van der Waals surface area contributed by atoms with E-state index in [1.54, 1.807) is 30.5 Å². The summed E-state index contributed by atoms with van der Waals surface area (Å²) < 4.78 is 0. The lowest BCUT2D eigenvalue weighted by atomic mass is 10.2. The SMILES string of the molecule is NC(N)=N[NH+]=Cc1cccc(O)c1. The molecule has 0 aliphatic heterocycles. The summed E-state index contributed by atoms with van der Waals surface area (Å²) in [6.45, 7) is 0. The molecule has 1 rings (SSSR count). The Hall–Kier alpha value is -2.04.